The van der Waals surface area contributed by atoms with E-state index in [1.54, 1.807) is 12.1 Å². The average Bonchev–Trinajstić information content (AvgIpc) is 2.64. The molecule has 0 saturated carbocycles. The molecule has 1 aromatic rings. The predicted octanol–water partition coefficient (Wildman–Crippen LogP) is 2.53. The molecule has 6 nitrogen and oxygen atoms in total. The number of nitrogens with one attached hydrogen (secondary N) is 3. The van der Waals surface area contributed by atoms with Crippen LogP contribution in [0.5, 0.6) is 0 Å². The van der Waals surface area contributed by atoms with Crippen LogP contribution in [0.4, 0.5) is 14.9 Å². The molecular weight excluding hydrogens is 333 g/mol. The van der Waals surface area contributed by atoms with Crippen molar-refractivity contribution in [3.8, 4) is 6.07 Å². The minimum Gasteiger partial charge on any atom is -0.382 e. The van der Waals surface area contributed by atoms with E-state index in [0.717, 1.165) is 32.0 Å². The monoisotopic (exact) mass is 361 g/mol. The van der Waals surface area contributed by atoms with Crippen LogP contribution in [-0.2, 0) is 0 Å². The first-order chi connectivity index (χ1) is 12.6. The molecule has 1 aliphatic heterocycles. The summed E-state index contributed by atoms with van der Waals surface area (Å²) in [6.45, 7) is 7.08. The van der Waals surface area contributed by atoms with Gasteiger partial charge in [-0.15, -0.1) is 0 Å². The molecular formula is C19H28FN5O. The zero-order chi connectivity index (χ0) is 18.8. The molecule has 1 saturated heterocycles. The molecule has 2 rings (SSSR count). The zero-order valence-electron chi connectivity index (χ0n) is 15.4. The van der Waals surface area contributed by atoms with Crippen molar-refractivity contribution in [2.45, 2.75) is 26.2 Å². The topological polar surface area (TPSA) is 80.2 Å². The second kappa shape index (κ2) is 10.6. The molecule has 1 heterocycles. The smallest absolute Gasteiger partial charge is 0.314 e. The molecule has 142 valence electrons. The molecule has 7 heteroatoms. The van der Waals surface area contributed by atoms with E-state index in [0.29, 0.717) is 25.3 Å². The van der Waals surface area contributed by atoms with Crippen molar-refractivity contribution in [2.75, 3.05) is 44.6 Å². The van der Waals surface area contributed by atoms with Gasteiger partial charge < -0.3 is 20.9 Å². The number of benzene rings is 1. The van der Waals surface area contributed by atoms with E-state index < -0.39 is 5.82 Å². The van der Waals surface area contributed by atoms with Crippen molar-refractivity contribution in [1.82, 2.24) is 15.5 Å². The van der Waals surface area contributed by atoms with Gasteiger partial charge >= 0.3 is 6.03 Å². The fraction of sp³-hybridized carbons (Fsp3) is 0.579. The number of hydrogen-bond acceptors (Lipinski definition) is 4. The summed E-state index contributed by atoms with van der Waals surface area (Å²) in [5, 5.41) is 17.5. The Hall–Kier alpha value is -2.33. The van der Waals surface area contributed by atoms with Gasteiger partial charge in [0.15, 0.2) is 0 Å². The third-order valence-corrected chi connectivity index (χ3v) is 4.66. The van der Waals surface area contributed by atoms with Gasteiger partial charge in [0, 0.05) is 19.6 Å². The number of carbonyl (C=O) groups is 1. The van der Waals surface area contributed by atoms with Crippen molar-refractivity contribution < 1.29 is 9.18 Å². The molecule has 0 aliphatic carbocycles. The summed E-state index contributed by atoms with van der Waals surface area (Å²) in [7, 11) is 0. The maximum absolute atomic E-state index is 13.5. The van der Waals surface area contributed by atoms with Crippen LogP contribution >= 0.6 is 0 Å². The summed E-state index contributed by atoms with van der Waals surface area (Å²) in [5.74, 6) is 0.284. The van der Waals surface area contributed by atoms with Gasteiger partial charge in [0.25, 0.3) is 0 Å². The van der Waals surface area contributed by atoms with E-state index >= 15 is 0 Å². The van der Waals surface area contributed by atoms with Crippen LogP contribution in [0.3, 0.4) is 0 Å². The molecule has 0 aromatic heterocycles. The number of rotatable bonds is 8. The lowest BCUT2D eigenvalue weighted by Gasteiger charge is -2.30. The maximum atomic E-state index is 13.5. The highest BCUT2D eigenvalue weighted by Gasteiger charge is 2.14. The Morgan fingerprint density at radius 2 is 2.00 bits per heavy atom. The lowest BCUT2D eigenvalue weighted by molar-refractivity contribution is 0.190. The van der Waals surface area contributed by atoms with E-state index in [4.69, 9.17) is 5.26 Å². The van der Waals surface area contributed by atoms with Gasteiger partial charge in [-0.05, 0) is 56.9 Å². The zero-order valence-corrected chi connectivity index (χ0v) is 15.4. The van der Waals surface area contributed by atoms with E-state index in [1.165, 1.54) is 18.9 Å². The number of nitrogens with zero attached hydrogens (tertiary/aromatic N) is 2. The molecule has 1 aliphatic rings. The van der Waals surface area contributed by atoms with Crippen LogP contribution in [0, 0.1) is 23.1 Å². The molecule has 3 N–H and O–H groups in total. The third kappa shape index (κ3) is 6.52. The molecule has 0 spiro atoms. The molecule has 26 heavy (non-hydrogen) atoms. The minimum atomic E-state index is -0.550. The van der Waals surface area contributed by atoms with Crippen LogP contribution in [-0.4, -0.2) is 50.2 Å². The van der Waals surface area contributed by atoms with Crippen molar-refractivity contribution in [1.29, 1.82) is 5.26 Å². The minimum absolute atomic E-state index is 0.0101. The molecule has 2 amide bonds. The van der Waals surface area contributed by atoms with Crippen LogP contribution in [0.1, 0.15) is 31.7 Å². The summed E-state index contributed by atoms with van der Waals surface area (Å²) >= 11 is 0. The van der Waals surface area contributed by atoms with Gasteiger partial charge in [-0.1, -0.05) is 13.0 Å². The van der Waals surface area contributed by atoms with Crippen LogP contribution < -0.4 is 16.0 Å². The first-order valence-electron chi connectivity index (χ1n) is 9.26. The fourth-order valence-electron chi connectivity index (χ4n) is 3.01. The van der Waals surface area contributed by atoms with Gasteiger partial charge in [0.05, 0.1) is 5.69 Å². The van der Waals surface area contributed by atoms with Gasteiger partial charge in [-0.3, -0.25) is 0 Å². The molecule has 1 aromatic carbocycles. The van der Waals surface area contributed by atoms with Gasteiger partial charge in [0.1, 0.15) is 17.4 Å². The first-order valence-corrected chi connectivity index (χ1v) is 9.26. The highest BCUT2D eigenvalue weighted by Crippen LogP contribution is 2.17. The Bertz CT molecular complexity index is 623. The summed E-state index contributed by atoms with van der Waals surface area (Å²) < 4.78 is 13.5. The van der Waals surface area contributed by atoms with E-state index in [2.05, 4.69) is 27.8 Å². The molecule has 0 atom stereocenters. The van der Waals surface area contributed by atoms with Crippen molar-refractivity contribution in [3.05, 3.63) is 29.6 Å². The number of anilines is 1. The number of urea groups is 1. The van der Waals surface area contributed by atoms with Crippen LogP contribution in [0.2, 0.25) is 0 Å². The lowest BCUT2D eigenvalue weighted by Crippen LogP contribution is -2.40. The van der Waals surface area contributed by atoms with Gasteiger partial charge in [-0.2, -0.15) is 5.26 Å². The number of halogens is 1. The standard InChI is InChI=1S/C19H28FN5O/c1-15-6-12-25(13-7-15)11-3-8-23-19(26)24-10-9-22-18-5-2-4-17(20)16(18)14-21/h2,4-5,15,22H,3,6-13H2,1H3,(H2,23,24,26). The Morgan fingerprint density at radius 1 is 1.27 bits per heavy atom. The van der Waals surface area contributed by atoms with Crippen molar-refractivity contribution in [2.24, 2.45) is 5.92 Å². The Labute approximate surface area is 154 Å². The number of carbonyl (C=O) groups excluding carboxylic acids is 1. The second-order valence-corrected chi connectivity index (χ2v) is 6.76. The summed E-state index contributed by atoms with van der Waals surface area (Å²) in [5.41, 5.74) is 0.426. The predicted molar refractivity (Wildman–Crippen MR) is 100 cm³/mol. The normalized spacial score (nSPS) is 15.3. The number of likely N-dealkylation sites (tertiary alicyclic amines) is 1. The highest BCUT2D eigenvalue weighted by molar-refractivity contribution is 5.73. The van der Waals surface area contributed by atoms with E-state index in [1.807, 2.05) is 6.07 Å². The number of nitriles is 1. The number of piperidine rings is 1. The van der Waals surface area contributed by atoms with Crippen molar-refractivity contribution in [3.63, 3.8) is 0 Å². The third-order valence-electron chi connectivity index (χ3n) is 4.66. The molecule has 0 radical (unpaired) electrons. The number of hydrogen-bond donors (Lipinski definition) is 3. The summed E-state index contributed by atoms with van der Waals surface area (Å²) in [6, 6.07) is 6.06. The largest absolute Gasteiger partial charge is 0.382 e. The first kappa shape index (κ1) is 20.0. The summed E-state index contributed by atoms with van der Waals surface area (Å²) in [6.07, 6.45) is 3.47. The number of amides is 2. The second-order valence-electron chi connectivity index (χ2n) is 6.76. The Balaban J connectivity index is 1.54. The highest BCUT2D eigenvalue weighted by atomic mass is 19.1. The van der Waals surface area contributed by atoms with Crippen molar-refractivity contribution >= 4 is 11.7 Å². The SMILES string of the molecule is CC1CCN(CCCNC(=O)NCCNc2cccc(F)c2C#N)CC1. The van der Waals surface area contributed by atoms with Crippen LogP contribution in [0.25, 0.3) is 0 Å². The molecule has 1 fully saturated rings. The van der Waals surface area contributed by atoms with E-state index in [-0.39, 0.29) is 11.6 Å². The van der Waals surface area contributed by atoms with Gasteiger partial charge in [0.2, 0.25) is 0 Å². The van der Waals surface area contributed by atoms with Crippen LogP contribution in [0.15, 0.2) is 18.2 Å². The summed E-state index contributed by atoms with van der Waals surface area (Å²) in [4.78, 5) is 14.2. The fourth-order valence-corrected chi connectivity index (χ4v) is 3.01. The molecule has 0 unspecified atom stereocenters. The average molecular weight is 361 g/mol. The quantitative estimate of drug-likeness (QED) is 0.622. The van der Waals surface area contributed by atoms with Gasteiger partial charge in [-0.25, -0.2) is 9.18 Å². The Morgan fingerprint density at radius 3 is 2.73 bits per heavy atom. The maximum Gasteiger partial charge on any atom is 0.314 e. The van der Waals surface area contributed by atoms with E-state index in [9.17, 15) is 9.18 Å². The Kier molecular flexibility index (Phi) is 8.16. The lowest BCUT2D eigenvalue weighted by atomic mass is 9.99. The molecule has 0 bridgehead atoms.